The zero-order chi connectivity index (χ0) is 13.7. The first-order chi connectivity index (χ1) is 9.22. The molecule has 0 aliphatic rings. The molecular weight excluding hydrogens is 258 g/mol. The molecule has 0 aliphatic heterocycles. The minimum Gasteiger partial charge on any atom is -0.307 e. The molecule has 2 heterocycles. The van der Waals surface area contributed by atoms with Crippen molar-refractivity contribution in [3.8, 4) is 0 Å². The van der Waals surface area contributed by atoms with Crippen LogP contribution in [0.5, 0.6) is 0 Å². The summed E-state index contributed by atoms with van der Waals surface area (Å²) in [5.74, 6) is 0.913. The van der Waals surface area contributed by atoms with Gasteiger partial charge in [0, 0.05) is 0 Å². The summed E-state index contributed by atoms with van der Waals surface area (Å²) < 4.78 is 1.94. The van der Waals surface area contributed by atoms with E-state index >= 15 is 0 Å². The number of rotatable bonds is 7. The molecule has 0 radical (unpaired) electrons. The molecule has 0 spiro atoms. The van der Waals surface area contributed by atoms with Crippen molar-refractivity contribution < 1.29 is 0 Å². The second kappa shape index (κ2) is 6.77. The Labute approximate surface area is 118 Å². The van der Waals surface area contributed by atoms with Crippen molar-refractivity contribution in [1.29, 1.82) is 0 Å². The molecule has 104 valence electrons. The minimum atomic E-state index is 0.180. The molecule has 6 heteroatoms. The number of thiophene rings is 1. The van der Waals surface area contributed by atoms with Crippen molar-refractivity contribution in [2.45, 2.75) is 45.7 Å². The maximum atomic E-state index is 4.16. The Morgan fingerprint density at radius 3 is 2.95 bits per heavy atom. The van der Waals surface area contributed by atoms with E-state index in [2.05, 4.69) is 58.4 Å². The van der Waals surface area contributed by atoms with Gasteiger partial charge in [-0.3, -0.25) is 0 Å². The van der Waals surface area contributed by atoms with Crippen LogP contribution in [0.3, 0.4) is 0 Å². The molecule has 2 atom stereocenters. The van der Waals surface area contributed by atoms with Gasteiger partial charge < -0.3 is 5.32 Å². The molecule has 0 aromatic carbocycles. The van der Waals surface area contributed by atoms with Gasteiger partial charge in [-0.25, -0.2) is 4.68 Å². The van der Waals surface area contributed by atoms with E-state index in [1.165, 1.54) is 5.56 Å². The van der Waals surface area contributed by atoms with E-state index < -0.39 is 0 Å². The van der Waals surface area contributed by atoms with E-state index in [9.17, 15) is 0 Å². The van der Waals surface area contributed by atoms with Crippen molar-refractivity contribution in [2.75, 3.05) is 6.54 Å². The van der Waals surface area contributed by atoms with Crippen LogP contribution in [0.15, 0.2) is 16.8 Å². The Hall–Kier alpha value is -1.27. The van der Waals surface area contributed by atoms with Gasteiger partial charge in [0.2, 0.25) is 0 Å². The first kappa shape index (κ1) is 14.1. The van der Waals surface area contributed by atoms with Crippen molar-refractivity contribution in [3.63, 3.8) is 0 Å². The summed E-state index contributed by atoms with van der Waals surface area (Å²) in [5, 5.41) is 19.8. The number of nitrogens with zero attached hydrogens (tertiary/aromatic N) is 4. The maximum absolute atomic E-state index is 4.16. The Morgan fingerprint density at radius 1 is 1.42 bits per heavy atom. The molecule has 2 unspecified atom stereocenters. The smallest absolute Gasteiger partial charge is 0.168 e. The van der Waals surface area contributed by atoms with Gasteiger partial charge in [0.05, 0.1) is 12.1 Å². The Morgan fingerprint density at radius 2 is 2.26 bits per heavy atom. The van der Waals surface area contributed by atoms with Gasteiger partial charge in [-0.05, 0) is 66.1 Å². The van der Waals surface area contributed by atoms with Crippen LogP contribution in [0, 0.1) is 0 Å². The molecule has 1 N–H and O–H groups in total. The molecule has 0 fully saturated rings. The van der Waals surface area contributed by atoms with E-state index in [1.54, 1.807) is 11.3 Å². The van der Waals surface area contributed by atoms with E-state index in [4.69, 9.17) is 0 Å². The molecule has 2 aromatic rings. The van der Waals surface area contributed by atoms with Gasteiger partial charge in [-0.15, -0.1) is 5.10 Å². The highest BCUT2D eigenvalue weighted by Crippen LogP contribution is 2.18. The largest absolute Gasteiger partial charge is 0.307 e. The maximum Gasteiger partial charge on any atom is 0.168 e. The van der Waals surface area contributed by atoms with E-state index in [-0.39, 0.29) is 12.1 Å². The summed E-state index contributed by atoms with van der Waals surface area (Å²) in [6.07, 6.45) is 2.07. The average Bonchev–Trinajstić information content (AvgIpc) is 3.05. The van der Waals surface area contributed by atoms with Gasteiger partial charge in [0.1, 0.15) is 0 Å². The van der Waals surface area contributed by atoms with Crippen molar-refractivity contribution in [3.05, 3.63) is 28.2 Å². The van der Waals surface area contributed by atoms with E-state index in [0.717, 1.165) is 25.2 Å². The lowest BCUT2D eigenvalue weighted by atomic mass is 10.1. The van der Waals surface area contributed by atoms with Gasteiger partial charge in [0.15, 0.2) is 5.82 Å². The molecule has 0 bridgehead atoms. The van der Waals surface area contributed by atoms with Crippen LogP contribution in [0.4, 0.5) is 0 Å². The number of hydrogen-bond acceptors (Lipinski definition) is 5. The quantitative estimate of drug-likeness (QED) is 0.846. The van der Waals surface area contributed by atoms with Crippen LogP contribution in [0.25, 0.3) is 0 Å². The summed E-state index contributed by atoms with van der Waals surface area (Å²) >= 11 is 1.73. The summed E-state index contributed by atoms with van der Waals surface area (Å²) in [6.45, 7) is 7.40. The van der Waals surface area contributed by atoms with Crippen LogP contribution in [-0.4, -0.2) is 26.8 Å². The second-order valence-corrected chi connectivity index (χ2v) is 5.62. The SMILES string of the molecule is CCCNC(C)c1nnnn1C(C)Cc1ccsc1. The monoisotopic (exact) mass is 279 g/mol. The Balaban J connectivity index is 2.05. The number of tetrazole rings is 1. The predicted octanol–water partition coefficient (Wildman–Crippen LogP) is 2.60. The molecule has 2 aromatic heterocycles. The fourth-order valence-corrected chi connectivity index (χ4v) is 2.77. The van der Waals surface area contributed by atoms with Crippen molar-refractivity contribution >= 4 is 11.3 Å². The molecule has 2 rings (SSSR count). The molecule has 0 saturated heterocycles. The zero-order valence-corrected chi connectivity index (χ0v) is 12.5. The Kier molecular flexibility index (Phi) is 5.04. The third-order valence-electron chi connectivity index (χ3n) is 3.13. The molecule has 0 amide bonds. The summed E-state index contributed by atoms with van der Waals surface area (Å²) in [6, 6.07) is 2.61. The standard InChI is InChI=1S/C13H21N5S/c1-4-6-14-11(3)13-15-16-17-18(13)10(2)8-12-5-7-19-9-12/h5,7,9-11,14H,4,6,8H2,1-3H3. The summed E-state index contributed by atoms with van der Waals surface area (Å²) in [7, 11) is 0. The zero-order valence-electron chi connectivity index (χ0n) is 11.7. The van der Waals surface area contributed by atoms with Gasteiger partial charge >= 0.3 is 0 Å². The van der Waals surface area contributed by atoms with Crippen LogP contribution in [0.2, 0.25) is 0 Å². The van der Waals surface area contributed by atoms with E-state index in [1.807, 2.05) is 4.68 Å². The highest BCUT2D eigenvalue weighted by Gasteiger charge is 2.18. The van der Waals surface area contributed by atoms with Gasteiger partial charge in [0.25, 0.3) is 0 Å². The molecule has 19 heavy (non-hydrogen) atoms. The first-order valence-electron chi connectivity index (χ1n) is 6.74. The fraction of sp³-hybridized carbons (Fsp3) is 0.615. The fourth-order valence-electron chi connectivity index (χ4n) is 2.09. The van der Waals surface area contributed by atoms with Crippen molar-refractivity contribution in [1.82, 2.24) is 25.5 Å². The average molecular weight is 279 g/mol. The molecule has 5 nitrogen and oxygen atoms in total. The lowest BCUT2D eigenvalue weighted by Gasteiger charge is -2.17. The van der Waals surface area contributed by atoms with Crippen LogP contribution in [0.1, 0.15) is 50.7 Å². The van der Waals surface area contributed by atoms with Crippen molar-refractivity contribution in [2.24, 2.45) is 0 Å². The van der Waals surface area contributed by atoms with Crippen LogP contribution >= 0.6 is 11.3 Å². The normalized spacial score (nSPS) is 14.5. The number of nitrogens with one attached hydrogen (secondary N) is 1. The topological polar surface area (TPSA) is 55.6 Å². The third-order valence-corrected chi connectivity index (χ3v) is 3.87. The molecule has 0 aliphatic carbocycles. The lowest BCUT2D eigenvalue weighted by molar-refractivity contribution is 0.425. The number of aromatic nitrogens is 4. The highest BCUT2D eigenvalue weighted by molar-refractivity contribution is 7.07. The summed E-state index contributed by atoms with van der Waals surface area (Å²) in [5.41, 5.74) is 1.34. The van der Waals surface area contributed by atoms with E-state index in [0.29, 0.717) is 0 Å². The Bertz CT molecular complexity index is 479. The first-order valence-corrected chi connectivity index (χ1v) is 7.68. The minimum absolute atomic E-state index is 0.180. The lowest BCUT2D eigenvalue weighted by Crippen LogP contribution is -2.24. The van der Waals surface area contributed by atoms with Gasteiger partial charge in [-0.1, -0.05) is 6.92 Å². The second-order valence-electron chi connectivity index (χ2n) is 4.84. The molecular formula is C13H21N5S. The summed E-state index contributed by atoms with van der Waals surface area (Å²) in [4.78, 5) is 0. The van der Waals surface area contributed by atoms with Crippen LogP contribution in [-0.2, 0) is 6.42 Å². The third kappa shape index (κ3) is 3.61. The van der Waals surface area contributed by atoms with Crippen LogP contribution < -0.4 is 5.32 Å². The highest BCUT2D eigenvalue weighted by atomic mass is 32.1. The predicted molar refractivity (Wildman–Crippen MR) is 77.3 cm³/mol. The molecule has 0 saturated carbocycles. The number of hydrogen-bond donors (Lipinski definition) is 1. The van der Waals surface area contributed by atoms with Gasteiger partial charge in [-0.2, -0.15) is 11.3 Å².